The first-order valence-corrected chi connectivity index (χ1v) is 4.79. The highest BCUT2D eigenvalue weighted by Gasteiger charge is 2.14. The molecule has 4 heteroatoms. The average Bonchev–Trinajstić information content (AvgIpc) is 2.44. The molecule has 0 saturated carbocycles. The van der Waals surface area contributed by atoms with E-state index < -0.39 is 0 Å². The first-order valence-electron chi connectivity index (χ1n) is 4.79. The predicted molar refractivity (Wildman–Crippen MR) is 54.1 cm³/mol. The van der Waals surface area contributed by atoms with Crippen molar-refractivity contribution in [2.45, 2.75) is 6.42 Å². The van der Waals surface area contributed by atoms with Gasteiger partial charge in [-0.2, -0.15) is 0 Å². The number of hydrogen-bond donors (Lipinski definition) is 1. The van der Waals surface area contributed by atoms with Gasteiger partial charge in [0, 0.05) is 19.3 Å². The highest BCUT2D eigenvalue weighted by atomic mass is 16.2. The van der Waals surface area contributed by atoms with Crippen LogP contribution in [0.5, 0.6) is 0 Å². The van der Waals surface area contributed by atoms with Gasteiger partial charge in [0.2, 0.25) is 5.91 Å². The van der Waals surface area contributed by atoms with E-state index in [0.29, 0.717) is 6.54 Å². The van der Waals surface area contributed by atoms with E-state index in [-0.39, 0.29) is 5.91 Å². The summed E-state index contributed by atoms with van der Waals surface area (Å²) in [6, 6.07) is 5.74. The van der Waals surface area contributed by atoms with E-state index in [1.165, 1.54) is 0 Å². The topological polar surface area (TPSA) is 45.2 Å². The molecule has 2 rings (SSSR count). The Morgan fingerprint density at radius 3 is 3.14 bits per heavy atom. The second-order valence-corrected chi connectivity index (χ2v) is 3.31. The van der Waals surface area contributed by atoms with Crippen LogP contribution in [0.4, 0.5) is 5.82 Å². The van der Waals surface area contributed by atoms with Crippen molar-refractivity contribution < 1.29 is 4.79 Å². The molecule has 0 unspecified atom stereocenters. The summed E-state index contributed by atoms with van der Waals surface area (Å²) in [7, 11) is 0. The third-order valence-electron chi connectivity index (χ3n) is 2.23. The minimum absolute atomic E-state index is 0.0770. The van der Waals surface area contributed by atoms with Gasteiger partial charge in [-0.1, -0.05) is 6.07 Å². The number of anilines is 1. The summed E-state index contributed by atoms with van der Waals surface area (Å²) in [5.74, 6) is 0.956. The summed E-state index contributed by atoms with van der Waals surface area (Å²) in [4.78, 5) is 17.5. The van der Waals surface area contributed by atoms with Crippen molar-refractivity contribution in [2.75, 3.05) is 24.5 Å². The summed E-state index contributed by atoms with van der Waals surface area (Å²) in [6.45, 7) is 2.06. The predicted octanol–water partition coefficient (Wildman–Crippen LogP) is 0.408. The largest absolute Gasteiger partial charge is 0.354 e. The summed E-state index contributed by atoms with van der Waals surface area (Å²) in [5.41, 5.74) is 0. The molecule has 0 radical (unpaired) electrons. The van der Waals surface area contributed by atoms with Gasteiger partial charge < -0.3 is 10.2 Å². The highest BCUT2D eigenvalue weighted by Crippen LogP contribution is 2.10. The minimum atomic E-state index is 0.0770. The smallest absolute Gasteiger partial charge is 0.239 e. The summed E-state index contributed by atoms with van der Waals surface area (Å²) in [6.07, 6.45) is 2.72. The SMILES string of the molecule is O=C1CN(c2ccccn2)CCCN1. The van der Waals surface area contributed by atoms with Crippen LogP contribution >= 0.6 is 0 Å². The molecule has 0 bridgehead atoms. The number of nitrogens with zero attached hydrogens (tertiary/aromatic N) is 2. The molecule has 0 aliphatic carbocycles. The van der Waals surface area contributed by atoms with E-state index in [1.54, 1.807) is 6.20 Å². The van der Waals surface area contributed by atoms with Crippen LogP contribution in [0.3, 0.4) is 0 Å². The fourth-order valence-corrected chi connectivity index (χ4v) is 1.54. The quantitative estimate of drug-likeness (QED) is 0.699. The molecule has 74 valence electrons. The zero-order valence-corrected chi connectivity index (χ0v) is 7.94. The molecule has 0 aromatic carbocycles. The van der Waals surface area contributed by atoms with E-state index in [2.05, 4.69) is 10.3 Å². The number of hydrogen-bond acceptors (Lipinski definition) is 3. The highest BCUT2D eigenvalue weighted by molar-refractivity contribution is 5.81. The van der Waals surface area contributed by atoms with Crippen molar-refractivity contribution in [3.8, 4) is 0 Å². The number of pyridine rings is 1. The maximum atomic E-state index is 11.3. The molecule has 2 heterocycles. The Balaban J connectivity index is 2.13. The summed E-state index contributed by atoms with van der Waals surface area (Å²) >= 11 is 0. The Hall–Kier alpha value is -1.58. The zero-order valence-electron chi connectivity index (χ0n) is 7.94. The summed E-state index contributed by atoms with van der Waals surface area (Å²) in [5, 5.41) is 2.84. The van der Waals surface area contributed by atoms with Gasteiger partial charge in [0.05, 0.1) is 6.54 Å². The molecule has 1 aromatic rings. The van der Waals surface area contributed by atoms with E-state index >= 15 is 0 Å². The van der Waals surface area contributed by atoms with Gasteiger partial charge in [-0.3, -0.25) is 4.79 Å². The lowest BCUT2D eigenvalue weighted by atomic mass is 10.3. The lowest BCUT2D eigenvalue weighted by molar-refractivity contribution is -0.119. The third kappa shape index (κ3) is 2.02. The van der Waals surface area contributed by atoms with Crippen molar-refractivity contribution in [1.29, 1.82) is 0 Å². The molecule has 4 nitrogen and oxygen atoms in total. The van der Waals surface area contributed by atoms with Gasteiger partial charge in [-0.25, -0.2) is 4.98 Å². The van der Waals surface area contributed by atoms with Gasteiger partial charge in [0.25, 0.3) is 0 Å². The molecule has 1 saturated heterocycles. The van der Waals surface area contributed by atoms with Crippen molar-refractivity contribution in [2.24, 2.45) is 0 Å². The summed E-state index contributed by atoms with van der Waals surface area (Å²) < 4.78 is 0. The van der Waals surface area contributed by atoms with Gasteiger partial charge in [0.15, 0.2) is 0 Å². The lowest BCUT2D eigenvalue weighted by Crippen LogP contribution is -2.33. The Morgan fingerprint density at radius 2 is 2.36 bits per heavy atom. The Labute approximate surface area is 82.9 Å². The number of amides is 1. The molecular weight excluding hydrogens is 178 g/mol. The molecule has 0 spiro atoms. The van der Waals surface area contributed by atoms with E-state index in [1.807, 2.05) is 23.1 Å². The molecule has 1 N–H and O–H groups in total. The molecule has 1 fully saturated rings. The van der Waals surface area contributed by atoms with Gasteiger partial charge in [-0.15, -0.1) is 0 Å². The van der Waals surface area contributed by atoms with Crippen LogP contribution in [-0.2, 0) is 4.79 Å². The fraction of sp³-hybridized carbons (Fsp3) is 0.400. The molecule has 1 amide bonds. The first kappa shape index (κ1) is 8.99. The van der Waals surface area contributed by atoms with E-state index in [0.717, 1.165) is 25.3 Å². The maximum Gasteiger partial charge on any atom is 0.239 e. The van der Waals surface area contributed by atoms with Gasteiger partial charge >= 0.3 is 0 Å². The van der Waals surface area contributed by atoms with Crippen LogP contribution in [0.15, 0.2) is 24.4 Å². The van der Waals surface area contributed by atoms with Crippen molar-refractivity contribution in [3.63, 3.8) is 0 Å². The second kappa shape index (κ2) is 4.09. The number of carbonyl (C=O) groups excluding carboxylic acids is 1. The number of carbonyl (C=O) groups is 1. The average molecular weight is 191 g/mol. The molecule has 14 heavy (non-hydrogen) atoms. The minimum Gasteiger partial charge on any atom is -0.354 e. The van der Waals surface area contributed by atoms with Crippen LogP contribution in [0.1, 0.15) is 6.42 Å². The number of aromatic nitrogens is 1. The van der Waals surface area contributed by atoms with Crippen LogP contribution in [-0.4, -0.2) is 30.5 Å². The maximum absolute atomic E-state index is 11.3. The van der Waals surface area contributed by atoms with Crippen LogP contribution < -0.4 is 10.2 Å². The Morgan fingerprint density at radius 1 is 1.43 bits per heavy atom. The Kier molecular flexibility index (Phi) is 2.62. The lowest BCUT2D eigenvalue weighted by Gasteiger charge is -2.19. The van der Waals surface area contributed by atoms with Crippen LogP contribution in [0.25, 0.3) is 0 Å². The Bertz CT molecular complexity index is 312. The molecular formula is C10H13N3O. The fourth-order valence-electron chi connectivity index (χ4n) is 1.54. The second-order valence-electron chi connectivity index (χ2n) is 3.31. The standard InChI is InChI=1S/C10H13N3O/c14-10-8-13(7-3-6-12-10)9-4-1-2-5-11-9/h1-2,4-5H,3,6-8H2,(H,12,14). The van der Waals surface area contributed by atoms with E-state index in [9.17, 15) is 4.79 Å². The first-order chi connectivity index (χ1) is 6.86. The van der Waals surface area contributed by atoms with Crippen LogP contribution in [0.2, 0.25) is 0 Å². The molecule has 1 aliphatic heterocycles. The number of rotatable bonds is 1. The van der Waals surface area contributed by atoms with Crippen molar-refractivity contribution in [3.05, 3.63) is 24.4 Å². The molecule has 1 aromatic heterocycles. The normalized spacial score (nSPS) is 17.4. The monoisotopic (exact) mass is 191 g/mol. The van der Waals surface area contributed by atoms with Crippen molar-refractivity contribution in [1.82, 2.24) is 10.3 Å². The third-order valence-corrected chi connectivity index (χ3v) is 2.23. The van der Waals surface area contributed by atoms with E-state index in [4.69, 9.17) is 0 Å². The number of nitrogens with one attached hydrogen (secondary N) is 1. The zero-order chi connectivity index (χ0) is 9.80. The molecule has 0 atom stereocenters. The molecule has 1 aliphatic rings. The van der Waals surface area contributed by atoms with Crippen molar-refractivity contribution >= 4 is 11.7 Å². The van der Waals surface area contributed by atoms with Gasteiger partial charge in [0.1, 0.15) is 5.82 Å². The van der Waals surface area contributed by atoms with Gasteiger partial charge in [-0.05, 0) is 18.6 Å². The van der Waals surface area contributed by atoms with Crippen LogP contribution in [0, 0.1) is 0 Å².